The molecule has 6 heteroatoms. The predicted octanol–water partition coefficient (Wildman–Crippen LogP) is 4.75. The first-order chi connectivity index (χ1) is 11.2. The number of esters is 1. The Bertz CT molecular complexity index is 450. The maximum absolute atomic E-state index is 11.4. The van der Waals surface area contributed by atoms with Crippen molar-refractivity contribution in [1.29, 1.82) is 0 Å². The maximum atomic E-state index is 11.4. The molecule has 1 rings (SSSR count). The number of carbonyl (C=O) groups excluding carboxylic acids is 2. The third kappa shape index (κ3) is 10.6. The molecule has 0 aliphatic carbocycles. The van der Waals surface area contributed by atoms with Crippen molar-refractivity contribution in [2.45, 2.75) is 50.3 Å². The van der Waals surface area contributed by atoms with Gasteiger partial charge >= 0.3 is 12.1 Å². The second-order valence-electron chi connectivity index (χ2n) is 4.91. The minimum atomic E-state index is -0.843. The van der Waals surface area contributed by atoms with Gasteiger partial charge in [0.2, 0.25) is 6.79 Å². The molecule has 0 spiro atoms. The number of ether oxygens (including phenoxy) is 3. The van der Waals surface area contributed by atoms with E-state index >= 15 is 0 Å². The van der Waals surface area contributed by atoms with Gasteiger partial charge in [-0.1, -0.05) is 62.6 Å². The molecule has 0 bridgehead atoms. The van der Waals surface area contributed by atoms with Crippen LogP contribution in [0, 0.1) is 0 Å². The molecule has 0 aliphatic heterocycles. The first kappa shape index (κ1) is 19.4. The Kier molecular flexibility index (Phi) is 10.8. The van der Waals surface area contributed by atoms with Crippen molar-refractivity contribution in [3.8, 4) is 0 Å². The molecule has 0 atom stereocenters. The van der Waals surface area contributed by atoms with Crippen LogP contribution < -0.4 is 0 Å². The van der Waals surface area contributed by atoms with Crippen LogP contribution in [0.1, 0.15) is 45.4 Å². The minimum Gasteiger partial charge on any atom is -0.428 e. The molecule has 0 unspecified atom stereocenters. The highest BCUT2D eigenvalue weighted by Gasteiger charge is 2.07. The summed E-state index contributed by atoms with van der Waals surface area (Å²) in [6, 6.07) is 9.56. The van der Waals surface area contributed by atoms with Crippen molar-refractivity contribution < 1.29 is 23.8 Å². The van der Waals surface area contributed by atoms with Crippen LogP contribution in [-0.4, -0.2) is 24.9 Å². The number of carbonyl (C=O) groups is 2. The summed E-state index contributed by atoms with van der Waals surface area (Å²) in [7, 11) is 0. The molecule has 23 heavy (non-hydrogen) atoms. The van der Waals surface area contributed by atoms with Crippen LogP contribution in [0.4, 0.5) is 4.79 Å². The summed E-state index contributed by atoms with van der Waals surface area (Å²) in [6.07, 6.45) is 4.81. The van der Waals surface area contributed by atoms with Crippen molar-refractivity contribution in [1.82, 2.24) is 0 Å². The summed E-state index contributed by atoms with van der Waals surface area (Å²) >= 11 is 1.38. The molecule has 0 saturated heterocycles. The van der Waals surface area contributed by atoms with Crippen LogP contribution in [-0.2, 0) is 19.0 Å². The Morgan fingerprint density at radius 1 is 0.957 bits per heavy atom. The summed E-state index contributed by atoms with van der Waals surface area (Å²) in [6.45, 7) is 1.74. The van der Waals surface area contributed by atoms with E-state index in [0.29, 0.717) is 6.42 Å². The third-order valence-corrected chi connectivity index (χ3v) is 3.87. The van der Waals surface area contributed by atoms with Gasteiger partial charge < -0.3 is 14.2 Å². The second-order valence-corrected chi connectivity index (χ2v) is 5.91. The van der Waals surface area contributed by atoms with Gasteiger partial charge in [-0.15, -0.1) is 0 Å². The number of unbranched alkanes of at least 4 members (excludes halogenated alkanes) is 4. The molecular weight excluding hydrogens is 316 g/mol. The summed E-state index contributed by atoms with van der Waals surface area (Å²) < 4.78 is 14.4. The van der Waals surface area contributed by atoms with E-state index in [1.54, 1.807) is 0 Å². The Morgan fingerprint density at radius 2 is 1.70 bits per heavy atom. The fraction of sp³-hybridized carbons (Fsp3) is 0.529. The van der Waals surface area contributed by atoms with E-state index in [0.717, 1.165) is 24.2 Å². The normalized spacial score (nSPS) is 10.1. The van der Waals surface area contributed by atoms with E-state index in [1.807, 2.05) is 30.3 Å². The highest BCUT2D eigenvalue weighted by Crippen LogP contribution is 2.16. The Labute approximate surface area is 141 Å². The smallest absolute Gasteiger partial charge is 0.428 e. The van der Waals surface area contributed by atoms with Crippen LogP contribution in [0.5, 0.6) is 0 Å². The van der Waals surface area contributed by atoms with Gasteiger partial charge in [-0.3, -0.25) is 4.79 Å². The Balaban J connectivity index is 1.97. The highest BCUT2D eigenvalue weighted by atomic mass is 32.2. The quantitative estimate of drug-likeness (QED) is 0.251. The van der Waals surface area contributed by atoms with Crippen LogP contribution in [0.15, 0.2) is 35.2 Å². The average molecular weight is 340 g/mol. The molecule has 0 aliphatic rings. The molecule has 1 aromatic carbocycles. The Morgan fingerprint density at radius 3 is 2.43 bits per heavy atom. The minimum absolute atomic E-state index is 0.147. The summed E-state index contributed by atoms with van der Waals surface area (Å²) in [5, 5.41) is 0. The number of rotatable bonds is 11. The fourth-order valence-electron chi connectivity index (χ4n) is 1.79. The molecule has 1 aromatic rings. The second kappa shape index (κ2) is 12.8. The standard InChI is InChI=1S/C17H24O5S/c1-2-3-4-5-9-12-16(18)20-13-21-17(19)22-14-23-15-10-7-6-8-11-15/h6-8,10-11H,2-5,9,12-14H2,1H3. The lowest BCUT2D eigenvalue weighted by molar-refractivity contribution is -0.153. The van der Waals surface area contributed by atoms with E-state index in [4.69, 9.17) is 9.47 Å². The highest BCUT2D eigenvalue weighted by molar-refractivity contribution is 7.99. The molecule has 0 heterocycles. The van der Waals surface area contributed by atoms with Gasteiger partial charge in [-0.05, 0) is 18.6 Å². The molecule has 0 amide bonds. The first-order valence-corrected chi connectivity index (χ1v) is 8.84. The zero-order valence-corrected chi connectivity index (χ0v) is 14.3. The SMILES string of the molecule is CCCCCCCC(=O)OCOC(=O)OCSc1ccccc1. The van der Waals surface area contributed by atoms with Crippen LogP contribution in [0.3, 0.4) is 0 Å². The predicted molar refractivity (Wildman–Crippen MR) is 89.1 cm³/mol. The van der Waals surface area contributed by atoms with Crippen molar-refractivity contribution in [2.75, 3.05) is 12.7 Å². The van der Waals surface area contributed by atoms with Gasteiger partial charge in [0.15, 0.2) is 0 Å². The van der Waals surface area contributed by atoms with Gasteiger partial charge in [-0.2, -0.15) is 0 Å². The molecule has 128 valence electrons. The van der Waals surface area contributed by atoms with E-state index in [9.17, 15) is 9.59 Å². The Hall–Kier alpha value is -1.69. The first-order valence-electron chi connectivity index (χ1n) is 7.85. The van der Waals surface area contributed by atoms with Crippen molar-refractivity contribution in [3.05, 3.63) is 30.3 Å². The monoisotopic (exact) mass is 340 g/mol. The summed E-state index contributed by atoms with van der Waals surface area (Å²) in [5.74, 6) is -0.207. The van der Waals surface area contributed by atoms with Crippen molar-refractivity contribution in [3.63, 3.8) is 0 Å². The molecule has 0 radical (unpaired) electrons. The third-order valence-electron chi connectivity index (χ3n) is 3.03. The lowest BCUT2D eigenvalue weighted by Crippen LogP contribution is -2.13. The number of hydrogen-bond acceptors (Lipinski definition) is 6. The number of hydrogen-bond donors (Lipinski definition) is 0. The van der Waals surface area contributed by atoms with E-state index in [-0.39, 0.29) is 11.9 Å². The zero-order valence-electron chi connectivity index (χ0n) is 13.5. The lowest BCUT2D eigenvalue weighted by atomic mass is 10.1. The van der Waals surface area contributed by atoms with Gasteiger partial charge in [0.1, 0.15) is 5.94 Å². The molecule has 0 fully saturated rings. The van der Waals surface area contributed by atoms with Gasteiger partial charge in [0.25, 0.3) is 0 Å². The van der Waals surface area contributed by atoms with Gasteiger partial charge in [0, 0.05) is 11.3 Å². The molecular formula is C17H24O5S. The van der Waals surface area contributed by atoms with E-state index in [1.165, 1.54) is 24.6 Å². The van der Waals surface area contributed by atoms with Crippen LogP contribution >= 0.6 is 11.8 Å². The van der Waals surface area contributed by atoms with Crippen LogP contribution in [0.25, 0.3) is 0 Å². The molecule has 0 saturated carbocycles. The fourth-order valence-corrected chi connectivity index (χ4v) is 2.43. The summed E-state index contributed by atoms with van der Waals surface area (Å²) in [4.78, 5) is 23.7. The van der Waals surface area contributed by atoms with E-state index in [2.05, 4.69) is 11.7 Å². The molecule has 5 nitrogen and oxygen atoms in total. The summed E-state index contributed by atoms with van der Waals surface area (Å²) in [5.41, 5.74) is 0. The topological polar surface area (TPSA) is 61.8 Å². The maximum Gasteiger partial charge on any atom is 0.512 e. The average Bonchev–Trinajstić information content (AvgIpc) is 2.55. The lowest BCUT2D eigenvalue weighted by Gasteiger charge is -2.07. The van der Waals surface area contributed by atoms with Crippen molar-refractivity contribution in [2.24, 2.45) is 0 Å². The van der Waals surface area contributed by atoms with Gasteiger partial charge in [0.05, 0.1) is 0 Å². The molecule has 0 aromatic heterocycles. The molecule has 0 N–H and O–H groups in total. The van der Waals surface area contributed by atoms with Crippen LogP contribution in [0.2, 0.25) is 0 Å². The van der Waals surface area contributed by atoms with Crippen molar-refractivity contribution >= 4 is 23.9 Å². The number of thioether (sulfide) groups is 1. The number of benzene rings is 1. The van der Waals surface area contributed by atoms with E-state index < -0.39 is 12.9 Å². The largest absolute Gasteiger partial charge is 0.512 e. The van der Waals surface area contributed by atoms with Gasteiger partial charge in [-0.25, -0.2) is 4.79 Å². The zero-order chi connectivity index (χ0) is 16.8.